The molecule has 0 bridgehead atoms. The summed E-state index contributed by atoms with van der Waals surface area (Å²) in [7, 11) is 0. The fraction of sp³-hybridized carbons (Fsp3) is 0.263. The molecule has 2 heterocycles. The average Bonchev–Trinajstić information content (AvgIpc) is 3.07. The third-order valence-electron chi connectivity index (χ3n) is 4.14. The first kappa shape index (κ1) is 18.4. The molecule has 2 aromatic rings. The van der Waals surface area contributed by atoms with Crippen LogP contribution in [0, 0.1) is 0 Å². The molecule has 8 heteroatoms. The summed E-state index contributed by atoms with van der Waals surface area (Å²) in [6.07, 6.45) is 2.92. The van der Waals surface area contributed by atoms with Gasteiger partial charge in [0.15, 0.2) is 0 Å². The summed E-state index contributed by atoms with van der Waals surface area (Å²) in [5.41, 5.74) is 2.11. The smallest absolute Gasteiger partial charge is 0.410 e. The molecule has 1 aromatic heterocycles. The number of nitrogens with zero attached hydrogens (tertiary/aromatic N) is 2. The predicted octanol–water partition coefficient (Wildman–Crippen LogP) is 1.85. The van der Waals surface area contributed by atoms with E-state index in [1.54, 1.807) is 48.5 Å². The van der Waals surface area contributed by atoms with Gasteiger partial charge in [-0.15, -0.1) is 0 Å². The maximum absolute atomic E-state index is 12.2. The number of benzene rings is 1. The molecule has 1 aromatic carbocycles. The van der Waals surface area contributed by atoms with Crippen LogP contribution in [0.4, 0.5) is 10.5 Å². The molecule has 8 nitrogen and oxygen atoms in total. The zero-order valence-corrected chi connectivity index (χ0v) is 14.8. The molecule has 0 aliphatic carbocycles. The average molecular weight is 368 g/mol. The Hall–Kier alpha value is -3.42. The Balaban J connectivity index is 1.57. The molecule has 0 unspecified atom stereocenters. The first-order valence-electron chi connectivity index (χ1n) is 8.55. The molecule has 27 heavy (non-hydrogen) atoms. The van der Waals surface area contributed by atoms with Crippen molar-refractivity contribution in [3.8, 4) is 0 Å². The molecule has 0 saturated carbocycles. The molecule has 0 spiro atoms. The van der Waals surface area contributed by atoms with Crippen molar-refractivity contribution >= 4 is 23.6 Å². The number of rotatable bonds is 5. The molecule has 1 atom stereocenters. The number of hydrogen-bond donors (Lipinski definition) is 2. The van der Waals surface area contributed by atoms with E-state index in [2.05, 4.69) is 15.6 Å². The van der Waals surface area contributed by atoms with Gasteiger partial charge in [-0.2, -0.15) is 0 Å². The van der Waals surface area contributed by atoms with Gasteiger partial charge in [-0.05, 0) is 36.2 Å². The number of amides is 3. The summed E-state index contributed by atoms with van der Waals surface area (Å²) in [6, 6.07) is 10.2. The van der Waals surface area contributed by atoms with Crippen LogP contribution < -0.4 is 10.6 Å². The first-order chi connectivity index (χ1) is 13.0. The SMILES string of the molecule is C[C@@H](NC(=O)C(=O)Nc1cccc(CN2CCOC2=O)c1)c1cccnc1. The van der Waals surface area contributed by atoms with Gasteiger partial charge >= 0.3 is 17.9 Å². The molecule has 2 N–H and O–H groups in total. The topological polar surface area (TPSA) is 101 Å². The lowest BCUT2D eigenvalue weighted by Crippen LogP contribution is -2.37. The lowest BCUT2D eigenvalue weighted by Gasteiger charge is -2.15. The van der Waals surface area contributed by atoms with Crippen LogP contribution in [0.3, 0.4) is 0 Å². The van der Waals surface area contributed by atoms with Gasteiger partial charge in [0.1, 0.15) is 6.61 Å². The molecule has 1 saturated heterocycles. The van der Waals surface area contributed by atoms with E-state index >= 15 is 0 Å². The van der Waals surface area contributed by atoms with Crippen LogP contribution in [0.15, 0.2) is 48.8 Å². The van der Waals surface area contributed by atoms with E-state index in [0.29, 0.717) is 25.4 Å². The Morgan fingerprint density at radius 3 is 2.81 bits per heavy atom. The molecule has 1 aliphatic rings. The minimum atomic E-state index is -0.761. The highest BCUT2D eigenvalue weighted by atomic mass is 16.6. The van der Waals surface area contributed by atoms with Crippen molar-refractivity contribution in [3.63, 3.8) is 0 Å². The largest absolute Gasteiger partial charge is 0.448 e. The van der Waals surface area contributed by atoms with Crippen molar-refractivity contribution in [1.82, 2.24) is 15.2 Å². The number of aromatic nitrogens is 1. The first-order valence-corrected chi connectivity index (χ1v) is 8.55. The van der Waals surface area contributed by atoms with Crippen LogP contribution in [-0.2, 0) is 20.9 Å². The van der Waals surface area contributed by atoms with Gasteiger partial charge in [0.05, 0.1) is 12.6 Å². The second kappa shape index (κ2) is 8.31. The Bertz CT molecular complexity index is 841. The number of anilines is 1. The van der Waals surface area contributed by atoms with E-state index < -0.39 is 11.8 Å². The molecule has 1 aliphatic heterocycles. The number of carbonyl (C=O) groups excluding carboxylic acids is 3. The summed E-state index contributed by atoms with van der Waals surface area (Å²) in [5, 5.41) is 5.21. The summed E-state index contributed by atoms with van der Waals surface area (Å²) >= 11 is 0. The quantitative estimate of drug-likeness (QED) is 0.785. The van der Waals surface area contributed by atoms with Gasteiger partial charge in [0.2, 0.25) is 0 Å². The molecule has 3 rings (SSSR count). The van der Waals surface area contributed by atoms with Crippen LogP contribution >= 0.6 is 0 Å². The van der Waals surface area contributed by atoms with E-state index in [4.69, 9.17) is 4.74 Å². The maximum Gasteiger partial charge on any atom is 0.410 e. The minimum absolute atomic E-state index is 0.343. The Kier molecular flexibility index (Phi) is 5.65. The third kappa shape index (κ3) is 4.81. The highest BCUT2D eigenvalue weighted by Gasteiger charge is 2.22. The summed E-state index contributed by atoms with van der Waals surface area (Å²) in [5.74, 6) is -1.50. The van der Waals surface area contributed by atoms with Crippen molar-refractivity contribution in [2.75, 3.05) is 18.5 Å². The van der Waals surface area contributed by atoms with Crippen LogP contribution in [0.2, 0.25) is 0 Å². The van der Waals surface area contributed by atoms with Gasteiger partial charge in [-0.3, -0.25) is 14.6 Å². The van der Waals surface area contributed by atoms with Crippen molar-refractivity contribution in [1.29, 1.82) is 0 Å². The fourth-order valence-corrected chi connectivity index (χ4v) is 2.70. The highest BCUT2D eigenvalue weighted by molar-refractivity contribution is 6.39. The standard InChI is InChI=1S/C19H20N4O4/c1-13(15-5-3-7-20-11-15)21-17(24)18(25)22-16-6-2-4-14(10-16)12-23-8-9-27-19(23)26/h2-7,10-11,13H,8-9,12H2,1H3,(H,21,24)(H,22,25)/t13-/m1/s1. The second-order valence-electron chi connectivity index (χ2n) is 6.17. The minimum Gasteiger partial charge on any atom is -0.448 e. The summed E-state index contributed by atoms with van der Waals surface area (Å²) in [6.45, 7) is 3.07. The van der Waals surface area contributed by atoms with Gasteiger partial charge in [-0.1, -0.05) is 18.2 Å². The van der Waals surface area contributed by atoms with Crippen LogP contribution in [0.1, 0.15) is 24.1 Å². The number of cyclic esters (lactones) is 1. The molecule has 0 radical (unpaired) electrons. The maximum atomic E-state index is 12.2. The monoisotopic (exact) mass is 368 g/mol. The van der Waals surface area contributed by atoms with E-state index in [1.165, 1.54) is 0 Å². The number of nitrogens with one attached hydrogen (secondary N) is 2. The lowest BCUT2D eigenvalue weighted by molar-refractivity contribution is -0.136. The number of hydrogen-bond acceptors (Lipinski definition) is 5. The molecular weight excluding hydrogens is 348 g/mol. The summed E-state index contributed by atoms with van der Waals surface area (Å²) < 4.78 is 4.90. The van der Waals surface area contributed by atoms with E-state index in [0.717, 1.165) is 11.1 Å². The molecule has 1 fully saturated rings. The van der Waals surface area contributed by atoms with Crippen molar-refractivity contribution in [3.05, 3.63) is 59.9 Å². The Morgan fingerprint density at radius 2 is 2.11 bits per heavy atom. The molecule has 140 valence electrons. The third-order valence-corrected chi connectivity index (χ3v) is 4.14. The summed E-state index contributed by atoms with van der Waals surface area (Å²) in [4.78, 5) is 41.4. The van der Waals surface area contributed by atoms with Crippen LogP contribution in [-0.4, -0.2) is 40.9 Å². The number of carbonyl (C=O) groups is 3. The van der Waals surface area contributed by atoms with Crippen LogP contribution in [0.25, 0.3) is 0 Å². The zero-order valence-electron chi connectivity index (χ0n) is 14.8. The van der Waals surface area contributed by atoms with Crippen molar-refractivity contribution < 1.29 is 19.1 Å². The zero-order chi connectivity index (χ0) is 19.2. The molecule has 3 amide bonds. The van der Waals surface area contributed by atoms with Crippen LogP contribution in [0.5, 0.6) is 0 Å². The highest BCUT2D eigenvalue weighted by Crippen LogP contribution is 2.15. The molecular formula is C19H20N4O4. The second-order valence-corrected chi connectivity index (χ2v) is 6.17. The van der Waals surface area contributed by atoms with Crippen molar-refractivity contribution in [2.24, 2.45) is 0 Å². The number of pyridine rings is 1. The van der Waals surface area contributed by atoms with Gasteiger partial charge in [-0.25, -0.2) is 4.79 Å². The van der Waals surface area contributed by atoms with Gasteiger partial charge in [0, 0.05) is 24.6 Å². The lowest BCUT2D eigenvalue weighted by atomic mass is 10.1. The van der Waals surface area contributed by atoms with E-state index in [-0.39, 0.29) is 12.1 Å². The van der Waals surface area contributed by atoms with E-state index in [1.807, 2.05) is 12.1 Å². The Morgan fingerprint density at radius 1 is 1.26 bits per heavy atom. The normalized spacial score (nSPS) is 14.4. The Labute approximate surface area is 156 Å². The van der Waals surface area contributed by atoms with Gasteiger partial charge < -0.3 is 20.3 Å². The number of ether oxygens (including phenoxy) is 1. The van der Waals surface area contributed by atoms with Gasteiger partial charge in [0.25, 0.3) is 0 Å². The van der Waals surface area contributed by atoms with E-state index in [9.17, 15) is 14.4 Å². The predicted molar refractivity (Wildman–Crippen MR) is 97.6 cm³/mol. The fourth-order valence-electron chi connectivity index (χ4n) is 2.70. The van der Waals surface area contributed by atoms with Crippen molar-refractivity contribution in [2.45, 2.75) is 19.5 Å².